The molecule has 4 rings (SSSR count). The molecule has 0 bridgehead atoms. The summed E-state index contributed by atoms with van der Waals surface area (Å²) in [6, 6.07) is 18.7. The maximum absolute atomic E-state index is 13.0. The van der Waals surface area contributed by atoms with Crippen molar-refractivity contribution >= 4 is 5.97 Å². The zero-order valence-corrected chi connectivity index (χ0v) is 20.0. The number of carbonyl (C=O) groups excluding carboxylic acids is 1. The molecule has 1 heterocycles. The van der Waals surface area contributed by atoms with Gasteiger partial charge < -0.3 is 24.1 Å². The second-order valence-corrected chi connectivity index (χ2v) is 9.54. The van der Waals surface area contributed by atoms with Gasteiger partial charge in [0.2, 0.25) is 0 Å². The first-order valence-electron chi connectivity index (χ1n) is 11.3. The highest BCUT2D eigenvalue weighted by Crippen LogP contribution is 2.44. The molecule has 0 aromatic heterocycles. The van der Waals surface area contributed by atoms with Gasteiger partial charge in [-0.25, -0.2) is 4.79 Å². The second kappa shape index (κ2) is 9.77. The van der Waals surface area contributed by atoms with Crippen molar-refractivity contribution < 1.29 is 28.8 Å². The number of esters is 1. The van der Waals surface area contributed by atoms with Crippen LogP contribution in [0.5, 0.6) is 23.0 Å². The van der Waals surface area contributed by atoms with Gasteiger partial charge in [0.25, 0.3) is 0 Å². The highest BCUT2D eigenvalue weighted by Gasteiger charge is 2.31. The molecule has 1 atom stereocenters. The number of rotatable bonds is 6. The van der Waals surface area contributed by atoms with E-state index in [0.29, 0.717) is 35.7 Å². The largest absolute Gasteiger partial charge is 0.495 e. The number of aliphatic hydroxyl groups excluding tert-OH is 1. The molecule has 0 spiro atoms. The third kappa shape index (κ3) is 5.18. The number of hydrogen-bond donors (Lipinski definition) is 1. The average molecular weight is 463 g/mol. The molecule has 6 nitrogen and oxygen atoms in total. The van der Waals surface area contributed by atoms with E-state index in [9.17, 15) is 9.90 Å². The molecule has 0 saturated carbocycles. The number of benzene rings is 3. The summed E-state index contributed by atoms with van der Waals surface area (Å²) in [5.41, 5.74) is 2.27. The zero-order valence-electron chi connectivity index (χ0n) is 20.0. The summed E-state index contributed by atoms with van der Waals surface area (Å²) in [5, 5.41) is 10.9. The third-order valence-electron chi connectivity index (χ3n) is 5.59. The highest BCUT2D eigenvalue weighted by atomic mass is 16.6. The third-order valence-corrected chi connectivity index (χ3v) is 5.59. The van der Waals surface area contributed by atoms with E-state index in [-0.39, 0.29) is 29.1 Å². The van der Waals surface area contributed by atoms with Gasteiger partial charge in [0.15, 0.2) is 11.5 Å². The van der Waals surface area contributed by atoms with Crippen LogP contribution < -0.4 is 14.2 Å². The minimum Gasteiger partial charge on any atom is -0.495 e. The normalized spacial score (nSPS) is 14.0. The SMILES string of the molecule is COc1c([C@@H](O)CC(C)(C)C)ccc2c1C(=O)OCc1cccc(OCc3ccccc3)c1O2. The second-order valence-electron chi connectivity index (χ2n) is 9.54. The molecule has 6 heteroatoms. The van der Waals surface area contributed by atoms with Crippen molar-refractivity contribution in [1.29, 1.82) is 0 Å². The Morgan fingerprint density at radius 1 is 1.03 bits per heavy atom. The zero-order chi connectivity index (χ0) is 24.3. The van der Waals surface area contributed by atoms with Crippen molar-refractivity contribution in [3.63, 3.8) is 0 Å². The smallest absolute Gasteiger partial charge is 0.346 e. The van der Waals surface area contributed by atoms with Crippen molar-refractivity contribution in [3.05, 3.63) is 82.9 Å². The van der Waals surface area contributed by atoms with Crippen LogP contribution in [0.15, 0.2) is 60.7 Å². The quantitative estimate of drug-likeness (QED) is 0.439. The monoisotopic (exact) mass is 462 g/mol. The Hall–Kier alpha value is -3.51. The standard InChI is InChI=1S/C28H30O6/c1-28(2,3)15-21(29)20-13-14-22-24(26(20)31-4)27(30)33-17-19-11-8-12-23(25(19)34-22)32-16-18-9-6-5-7-10-18/h5-14,21,29H,15-17H2,1-4H3/t21-/m0/s1. The molecule has 3 aromatic carbocycles. The molecule has 34 heavy (non-hydrogen) atoms. The van der Waals surface area contributed by atoms with Crippen LogP contribution in [0, 0.1) is 5.41 Å². The van der Waals surface area contributed by atoms with Crippen LogP contribution in [0.2, 0.25) is 0 Å². The van der Waals surface area contributed by atoms with Gasteiger partial charge in [-0.3, -0.25) is 0 Å². The fourth-order valence-corrected chi connectivity index (χ4v) is 4.00. The number of aliphatic hydroxyl groups is 1. The van der Waals surface area contributed by atoms with E-state index < -0.39 is 12.1 Å². The van der Waals surface area contributed by atoms with Crippen LogP contribution >= 0.6 is 0 Å². The van der Waals surface area contributed by atoms with Crippen LogP contribution in [0.1, 0.15) is 60.3 Å². The number of carbonyl (C=O) groups is 1. The molecule has 1 aliphatic rings. The van der Waals surface area contributed by atoms with Crippen LogP contribution in [0.3, 0.4) is 0 Å². The van der Waals surface area contributed by atoms with E-state index in [1.165, 1.54) is 7.11 Å². The van der Waals surface area contributed by atoms with Gasteiger partial charge in [-0.2, -0.15) is 0 Å². The lowest BCUT2D eigenvalue weighted by Gasteiger charge is -2.26. The average Bonchev–Trinajstić information content (AvgIpc) is 2.80. The lowest BCUT2D eigenvalue weighted by molar-refractivity contribution is 0.0453. The fraction of sp³-hybridized carbons (Fsp3) is 0.321. The van der Waals surface area contributed by atoms with Gasteiger partial charge in [0.05, 0.1) is 13.2 Å². The molecule has 0 amide bonds. The topological polar surface area (TPSA) is 74.2 Å². The summed E-state index contributed by atoms with van der Waals surface area (Å²) in [6.45, 7) is 6.52. The van der Waals surface area contributed by atoms with Gasteiger partial charge in [0.1, 0.15) is 30.3 Å². The summed E-state index contributed by atoms with van der Waals surface area (Å²) in [6.07, 6.45) is -0.311. The Morgan fingerprint density at radius 2 is 1.79 bits per heavy atom. The molecule has 0 fully saturated rings. The van der Waals surface area contributed by atoms with Crippen molar-refractivity contribution in [1.82, 2.24) is 0 Å². The van der Waals surface area contributed by atoms with E-state index in [1.54, 1.807) is 12.1 Å². The number of fused-ring (bicyclic) bond motifs is 2. The summed E-state index contributed by atoms with van der Waals surface area (Å²) in [7, 11) is 1.47. The highest BCUT2D eigenvalue weighted by molar-refractivity contribution is 5.96. The van der Waals surface area contributed by atoms with E-state index in [2.05, 4.69) is 0 Å². The summed E-state index contributed by atoms with van der Waals surface area (Å²) in [5.74, 6) is 0.992. The number of methoxy groups -OCH3 is 1. The first kappa shape index (κ1) is 23.6. The molecule has 178 valence electrons. The number of hydrogen-bond acceptors (Lipinski definition) is 6. The molecule has 0 saturated heterocycles. The maximum atomic E-state index is 13.0. The molecule has 0 radical (unpaired) electrons. The van der Waals surface area contributed by atoms with Crippen molar-refractivity contribution in [2.24, 2.45) is 5.41 Å². The van der Waals surface area contributed by atoms with E-state index in [1.807, 2.05) is 69.3 Å². The van der Waals surface area contributed by atoms with Gasteiger partial charge in [-0.05, 0) is 35.6 Å². The summed E-state index contributed by atoms with van der Waals surface area (Å²) < 4.78 is 23.5. The van der Waals surface area contributed by atoms with Crippen molar-refractivity contribution in [3.8, 4) is 23.0 Å². The first-order valence-corrected chi connectivity index (χ1v) is 11.3. The van der Waals surface area contributed by atoms with Crippen LogP contribution in [0.4, 0.5) is 0 Å². The first-order chi connectivity index (χ1) is 16.3. The van der Waals surface area contributed by atoms with Crippen LogP contribution in [-0.4, -0.2) is 18.2 Å². The maximum Gasteiger partial charge on any atom is 0.346 e. The summed E-state index contributed by atoms with van der Waals surface area (Å²) >= 11 is 0. The Kier molecular flexibility index (Phi) is 6.80. The van der Waals surface area contributed by atoms with E-state index in [0.717, 1.165) is 5.56 Å². The molecule has 0 unspecified atom stereocenters. The van der Waals surface area contributed by atoms with Gasteiger partial charge in [-0.15, -0.1) is 0 Å². The minimum absolute atomic E-state index is 0.0219. The van der Waals surface area contributed by atoms with Crippen LogP contribution in [0.25, 0.3) is 0 Å². The molecular formula is C28H30O6. The van der Waals surface area contributed by atoms with Gasteiger partial charge in [-0.1, -0.05) is 63.2 Å². The molecule has 1 N–H and O–H groups in total. The predicted molar refractivity (Wildman–Crippen MR) is 128 cm³/mol. The van der Waals surface area contributed by atoms with Gasteiger partial charge in [0, 0.05) is 11.1 Å². The number of para-hydroxylation sites is 1. The Bertz CT molecular complexity index is 1160. The Labute approximate surface area is 200 Å². The van der Waals surface area contributed by atoms with Crippen molar-refractivity contribution in [2.75, 3.05) is 7.11 Å². The summed E-state index contributed by atoms with van der Waals surface area (Å²) in [4.78, 5) is 13.0. The molecular weight excluding hydrogens is 432 g/mol. The molecule has 0 aliphatic carbocycles. The van der Waals surface area contributed by atoms with Crippen molar-refractivity contribution in [2.45, 2.75) is 46.5 Å². The number of ether oxygens (including phenoxy) is 4. The van der Waals surface area contributed by atoms with E-state index >= 15 is 0 Å². The predicted octanol–water partition coefficient (Wildman–Crippen LogP) is 6.21. The van der Waals surface area contributed by atoms with Crippen LogP contribution in [-0.2, 0) is 18.0 Å². The Morgan fingerprint density at radius 3 is 2.50 bits per heavy atom. The lowest BCUT2D eigenvalue weighted by Crippen LogP contribution is -2.16. The van der Waals surface area contributed by atoms with E-state index in [4.69, 9.17) is 18.9 Å². The number of cyclic esters (lactones) is 1. The Balaban J connectivity index is 1.71. The molecule has 3 aromatic rings. The minimum atomic E-state index is -0.810. The van der Waals surface area contributed by atoms with Gasteiger partial charge >= 0.3 is 5.97 Å². The fourth-order valence-electron chi connectivity index (χ4n) is 4.00. The molecule has 1 aliphatic heterocycles. The lowest BCUT2D eigenvalue weighted by atomic mass is 9.86.